The number of ether oxygens (including phenoxy) is 2. The number of morpholine rings is 1. The highest BCUT2D eigenvalue weighted by atomic mass is 16.5. The van der Waals surface area contributed by atoms with E-state index in [1.807, 2.05) is 4.90 Å². The summed E-state index contributed by atoms with van der Waals surface area (Å²) in [6.45, 7) is 7.59. The van der Waals surface area contributed by atoms with Gasteiger partial charge in [0.1, 0.15) is 0 Å². The molecular weight excluding hydrogens is 296 g/mol. The Morgan fingerprint density at radius 1 is 1.43 bits per heavy atom. The summed E-state index contributed by atoms with van der Waals surface area (Å²) in [6, 6.07) is 0.338. The van der Waals surface area contributed by atoms with Crippen molar-refractivity contribution < 1.29 is 14.3 Å². The Kier molecular flexibility index (Phi) is 5.98. The zero-order chi connectivity index (χ0) is 17.0. The van der Waals surface area contributed by atoms with Gasteiger partial charge in [0.15, 0.2) is 0 Å². The van der Waals surface area contributed by atoms with Crippen molar-refractivity contribution in [3.63, 3.8) is 0 Å². The van der Waals surface area contributed by atoms with Crippen molar-refractivity contribution in [1.29, 1.82) is 0 Å². The third-order valence-electron chi connectivity index (χ3n) is 4.20. The Balaban J connectivity index is 2.12. The molecule has 0 spiro atoms. The van der Waals surface area contributed by atoms with Crippen LogP contribution in [0.3, 0.4) is 0 Å². The Hall–Kier alpha value is -1.63. The molecule has 2 atom stereocenters. The van der Waals surface area contributed by atoms with Gasteiger partial charge in [0.25, 0.3) is 5.91 Å². The van der Waals surface area contributed by atoms with Gasteiger partial charge in [0.2, 0.25) is 5.82 Å². The number of aryl methyl sites for hydroxylation is 1. The molecule has 1 aliphatic rings. The molecule has 1 amide bonds. The van der Waals surface area contributed by atoms with Crippen LogP contribution in [0, 0.1) is 5.92 Å². The highest BCUT2D eigenvalue weighted by Crippen LogP contribution is 2.22. The molecule has 130 valence electrons. The van der Waals surface area contributed by atoms with Crippen molar-refractivity contribution in [3.05, 3.63) is 5.82 Å². The fourth-order valence-corrected chi connectivity index (χ4v) is 2.78. The number of unbranched alkanes of at least 4 members (excludes halogenated alkanes) is 1. The van der Waals surface area contributed by atoms with E-state index >= 15 is 0 Å². The molecule has 1 saturated heterocycles. The Bertz CT molecular complexity index is 529. The van der Waals surface area contributed by atoms with Crippen LogP contribution in [0.1, 0.15) is 50.7 Å². The normalized spacial score (nSPS) is 21.7. The van der Waals surface area contributed by atoms with E-state index in [1.54, 1.807) is 7.05 Å². The van der Waals surface area contributed by atoms with E-state index in [9.17, 15) is 4.79 Å². The highest BCUT2D eigenvalue weighted by molar-refractivity contribution is 5.90. The first-order valence-electron chi connectivity index (χ1n) is 8.36. The Morgan fingerprint density at radius 3 is 2.74 bits per heavy atom. The smallest absolute Gasteiger partial charge is 0.314 e. The molecule has 1 fully saturated rings. The summed E-state index contributed by atoms with van der Waals surface area (Å²) >= 11 is 0. The van der Waals surface area contributed by atoms with Crippen molar-refractivity contribution in [2.75, 3.05) is 20.2 Å². The summed E-state index contributed by atoms with van der Waals surface area (Å²) in [4.78, 5) is 18.7. The summed E-state index contributed by atoms with van der Waals surface area (Å²) in [5.41, 5.74) is 0. The molecule has 0 aromatic carbocycles. The van der Waals surface area contributed by atoms with Gasteiger partial charge in [-0.1, -0.05) is 33.6 Å². The largest absolute Gasteiger partial charge is 0.467 e. The maximum atomic E-state index is 12.7. The van der Waals surface area contributed by atoms with Crippen LogP contribution in [0.25, 0.3) is 0 Å². The summed E-state index contributed by atoms with van der Waals surface area (Å²) in [5, 5.41) is 4.16. The zero-order valence-corrected chi connectivity index (χ0v) is 14.8. The summed E-state index contributed by atoms with van der Waals surface area (Å²) in [5.74, 6) is 0.392. The lowest BCUT2D eigenvalue weighted by Crippen LogP contribution is -2.51. The van der Waals surface area contributed by atoms with Crippen LogP contribution in [0.4, 0.5) is 0 Å². The number of carbonyl (C=O) groups is 1. The predicted molar refractivity (Wildman–Crippen MR) is 86.5 cm³/mol. The minimum absolute atomic E-state index is 0.0557. The van der Waals surface area contributed by atoms with Crippen LogP contribution in [-0.2, 0) is 11.8 Å². The van der Waals surface area contributed by atoms with E-state index in [1.165, 1.54) is 11.8 Å². The predicted octanol–water partition coefficient (Wildman–Crippen LogP) is 1.88. The first-order chi connectivity index (χ1) is 11.0. The standard InChI is InChI=1S/C16H28N4O3/c1-6-7-8-12-9-20(10-13(23-12)11(2)3)15(21)14-17-16(22-5)19(4)18-14/h11-13H,6-10H2,1-5H3/t12-,13-/m1/s1. The van der Waals surface area contributed by atoms with Gasteiger partial charge in [-0.15, -0.1) is 5.10 Å². The lowest BCUT2D eigenvalue weighted by atomic mass is 10.0. The second kappa shape index (κ2) is 7.77. The van der Waals surface area contributed by atoms with Crippen molar-refractivity contribution in [3.8, 4) is 6.01 Å². The molecule has 0 bridgehead atoms. The number of methoxy groups -OCH3 is 1. The van der Waals surface area contributed by atoms with Crippen molar-refractivity contribution in [1.82, 2.24) is 19.7 Å². The molecular formula is C16H28N4O3. The second-order valence-electron chi connectivity index (χ2n) is 6.44. The monoisotopic (exact) mass is 324 g/mol. The van der Waals surface area contributed by atoms with Gasteiger partial charge in [-0.3, -0.25) is 4.79 Å². The summed E-state index contributed by atoms with van der Waals surface area (Å²) in [6.07, 6.45) is 3.35. The van der Waals surface area contributed by atoms with Crippen LogP contribution in [-0.4, -0.2) is 58.0 Å². The second-order valence-corrected chi connectivity index (χ2v) is 6.44. The number of rotatable bonds is 6. The molecule has 2 heterocycles. The van der Waals surface area contributed by atoms with Crippen LogP contribution in [0.2, 0.25) is 0 Å². The first kappa shape index (κ1) is 17.7. The number of carbonyl (C=O) groups excluding carboxylic acids is 1. The van der Waals surface area contributed by atoms with Gasteiger partial charge in [0, 0.05) is 20.1 Å². The Morgan fingerprint density at radius 2 is 2.17 bits per heavy atom. The van der Waals surface area contributed by atoms with Crippen molar-refractivity contribution >= 4 is 5.91 Å². The van der Waals surface area contributed by atoms with Gasteiger partial charge in [0.05, 0.1) is 19.3 Å². The molecule has 0 N–H and O–H groups in total. The maximum Gasteiger partial charge on any atom is 0.314 e. The molecule has 0 radical (unpaired) electrons. The summed E-state index contributed by atoms with van der Waals surface area (Å²) < 4.78 is 12.7. The molecule has 2 rings (SSSR count). The molecule has 1 aliphatic heterocycles. The van der Waals surface area contributed by atoms with E-state index in [-0.39, 0.29) is 23.9 Å². The van der Waals surface area contributed by atoms with E-state index in [0.717, 1.165) is 19.3 Å². The van der Waals surface area contributed by atoms with E-state index in [4.69, 9.17) is 9.47 Å². The van der Waals surface area contributed by atoms with Gasteiger partial charge >= 0.3 is 6.01 Å². The number of aromatic nitrogens is 3. The molecule has 23 heavy (non-hydrogen) atoms. The van der Waals surface area contributed by atoms with E-state index < -0.39 is 0 Å². The third kappa shape index (κ3) is 4.22. The first-order valence-corrected chi connectivity index (χ1v) is 8.36. The maximum absolute atomic E-state index is 12.7. The molecule has 0 unspecified atom stereocenters. The van der Waals surface area contributed by atoms with Crippen molar-refractivity contribution in [2.45, 2.75) is 52.2 Å². The van der Waals surface area contributed by atoms with Gasteiger partial charge in [-0.05, 0) is 12.3 Å². The third-order valence-corrected chi connectivity index (χ3v) is 4.20. The molecule has 0 saturated carbocycles. The van der Waals surface area contributed by atoms with Crippen LogP contribution < -0.4 is 4.74 Å². The summed E-state index contributed by atoms with van der Waals surface area (Å²) in [7, 11) is 3.23. The number of hydrogen-bond donors (Lipinski definition) is 0. The van der Waals surface area contributed by atoms with Gasteiger partial charge in [-0.25, -0.2) is 4.68 Å². The number of amides is 1. The fourth-order valence-electron chi connectivity index (χ4n) is 2.78. The molecule has 1 aromatic rings. The van der Waals surface area contributed by atoms with Gasteiger partial charge in [-0.2, -0.15) is 4.98 Å². The van der Waals surface area contributed by atoms with Crippen LogP contribution in [0.5, 0.6) is 6.01 Å². The zero-order valence-electron chi connectivity index (χ0n) is 14.8. The molecule has 7 heteroatoms. The van der Waals surface area contributed by atoms with E-state index in [2.05, 4.69) is 30.9 Å². The van der Waals surface area contributed by atoms with Crippen molar-refractivity contribution in [2.24, 2.45) is 13.0 Å². The molecule has 7 nitrogen and oxygen atoms in total. The topological polar surface area (TPSA) is 69.5 Å². The molecule has 0 aliphatic carbocycles. The number of hydrogen-bond acceptors (Lipinski definition) is 5. The SMILES string of the molecule is CCCC[C@@H]1CN(C(=O)c2nc(OC)n(C)n2)C[C@H](C(C)C)O1. The lowest BCUT2D eigenvalue weighted by molar-refractivity contribution is -0.0964. The average molecular weight is 324 g/mol. The minimum atomic E-state index is -0.153. The average Bonchev–Trinajstić information content (AvgIpc) is 2.92. The molecule has 1 aromatic heterocycles. The van der Waals surface area contributed by atoms with Crippen LogP contribution >= 0.6 is 0 Å². The van der Waals surface area contributed by atoms with Gasteiger partial charge < -0.3 is 14.4 Å². The number of nitrogens with zero attached hydrogens (tertiary/aromatic N) is 4. The highest BCUT2D eigenvalue weighted by Gasteiger charge is 2.33. The fraction of sp³-hybridized carbons (Fsp3) is 0.812. The minimum Gasteiger partial charge on any atom is -0.467 e. The Labute approximate surface area is 138 Å². The van der Waals surface area contributed by atoms with E-state index in [0.29, 0.717) is 25.0 Å². The lowest BCUT2D eigenvalue weighted by Gasteiger charge is -2.39. The van der Waals surface area contributed by atoms with Crippen LogP contribution in [0.15, 0.2) is 0 Å². The quantitative estimate of drug-likeness (QED) is 0.799.